The van der Waals surface area contributed by atoms with E-state index in [0.29, 0.717) is 41.2 Å². The molecule has 5 rings (SSSR count). The van der Waals surface area contributed by atoms with Crippen LogP contribution >= 0.6 is 0 Å². The van der Waals surface area contributed by atoms with E-state index in [9.17, 15) is 14.7 Å². The molecule has 9 nitrogen and oxygen atoms in total. The van der Waals surface area contributed by atoms with Gasteiger partial charge in [-0.25, -0.2) is 9.80 Å². The van der Waals surface area contributed by atoms with Gasteiger partial charge in [-0.3, -0.25) is 9.78 Å². The summed E-state index contributed by atoms with van der Waals surface area (Å²) in [5.74, 6) is 0.691. The Balaban J connectivity index is 1.36. The molecule has 2 atom stereocenters. The summed E-state index contributed by atoms with van der Waals surface area (Å²) in [5, 5.41) is 19.5. The van der Waals surface area contributed by atoms with Crippen LogP contribution in [0.1, 0.15) is 34.3 Å². The number of anilines is 1. The van der Waals surface area contributed by atoms with E-state index in [0.717, 1.165) is 11.3 Å². The second kappa shape index (κ2) is 11.2. The summed E-state index contributed by atoms with van der Waals surface area (Å²) < 4.78 is 10.6. The van der Waals surface area contributed by atoms with Gasteiger partial charge in [0.05, 0.1) is 37.3 Å². The van der Waals surface area contributed by atoms with Crippen molar-refractivity contribution in [2.75, 3.05) is 19.5 Å². The molecule has 0 fully saturated rings. The average molecular weight is 525 g/mol. The number of nitrogens with one attached hydrogen (secondary N) is 1. The molecule has 2 amide bonds. The Morgan fingerprint density at radius 2 is 1.90 bits per heavy atom. The minimum absolute atomic E-state index is 0.221. The second-order valence-electron chi connectivity index (χ2n) is 9.17. The molecule has 2 aromatic carbocycles. The van der Waals surface area contributed by atoms with Crippen molar-refractivity contribution in [3.63, 3.8) is 0 Å². The van der Waals surface area contributed by atoms with Crippen LogP contribution in [0.5, 0.6) is 11.5 Å². The number of amides is 2. The number of rotatable bonds is 7. The predicted octanol–water partition coefficient (Wildman–Crippen LogP) is 5.36. The maximum Gasteiger partial charge on any atom is 0.342 e. The predicted molar refractivity (Wildman–Crippen MR) is 147 cm³/mol. The highest BCUT2D eigenvalue weighted by Crippen LogP contribution is 2.33. The number of urea groups is 1. The van der Waals surface area contributed by atoms with E-state index in [2.05, 4.69) is 15.4 Å². The molecular formula is C30H28N4O5. The first kappa shape index (κ1) is 25.7. The molecule has 3 aromatic rings. The van der Waals surface area contributed by atoms with Crippen LogP contribution in [-0.2, 0) is 0 Å². The molecule has 9 heteroatoms. The molecule has 2 aliphatic rings. The number of hydrogen-bond donors (Lipinski definition) is 2. The van der Waals surface area contributed by atoms with Crippen LogP contribution in [-0.4, -0.2) is 52.9 Å². The van der Waals surface area contributed by atoms with Gasteiger partial charge in [0.1, 0.15) is 11.5 Å². The number of ether oxygens (including phenoxy) is 2. The van der Waals surface area contributed by atoms with Gasteiger partial charge < -0.3 is 19.9 Å². The van der Waals surface area contributed by atoms with Crippen LogP contribution in [0.4, 0.5) is 10.5 Å². The van der Waals surface area contributed by atoms with E-state index >= 15 is 0 Å². The van der Waals surface area contributed by atoms with Gasteiger partial charge >= 0.3 is 6.03 Å². The monoisotopic (exact) mass is 524 g/mol. The minimum Gasteiger partial charge on any atom is -0.512 e. The first-order valence-corrected chi connectivity index (χ1v) is 12.5. The molecule has 39 heavy (non-hydrogen) atoms. The van der Waals surface area contributed by atoms with E-state index in [4.69, 9.17) is 9.47 Å². The molecule has 2 unspecified atom stereocenters. The number of aliphatic hydroxyl groups excluding tert-OH is 1. The Labute approximate surface area is 226 Å². The minimum atomic E-state index is -0.435. The first-order valence-electron chi connectivity index (χ1n) is 12.5. The average Bonchev–Trinajstić information content (AvgIpc) is 3.43. The van der Waals surface area contributed by atoms with Gasteiger partial charge in [0.25, 0.3) is 0 Å². The first-order chi connectivity index (χ1) is 19.0. The van der Waals surface area contributed by atoms with E-state index in [1.54, 1.807) is 67.0 Å². The molecule has 1 aliphatic heterocycles. The third kappa shape index (κ3) is 5.38. The molecule has 0 bridgehead atoms. The van der Waals surface area contributed by atoms with Crippen LogP contribution in [0.3, 0.4) is 0 Å². The SMILES string of the molecule is COc1ccc(OC)c(C(=O)c2ccc(NC(=O)N3N=C(c4cccnc4)CC3C3CC=CC=C3O)cc2)c1. The summed E-state index contributed by atoms with van der Waals surface area (Å²) in [4.78, 5) is 30.8. The Kier molecular flexibility index (Phi) is 7.40. The largest absolute Gasteiger partial charge is 0.512 e. The Hall–Kier alpha value is -4.92. The zero-order valence-corrected chi connectivity index (χ0v) is 21.6. The zero-order chi connectivity index (χ0) is 27.4. The molecule has 0 spiro atoms. The van der Waals surface area contributed by atoms with Gasteiger partial charge in [-0.15, -0.1) is 0 Å². The van der Waals surface area contributed by atoms with Gasteiger partial charge in [-0.05, 0) is 61.0 Å². The Morgan fingerprint density at radius 1 is 1.08 bits per heavy atom. The quantitative estimate of drug-likeness (QED) is 0.403. The number of aromatic nitrogens is 1. The van der Waals surface area contributed by atoms with Crippen molar-refractivity contribution in [2.24, 2.45) is 11.0 Å². The summed E-state index contributed by atoms with van der Waals surface area (Å²) in [6.45, 7) is 0. The Bertz CT molecular complexity index is 1460. The topological polar surface area (TPSA) is 113 Å². The van der Waals surface area contributed by atoms with Crippen molar-refractivity contribution in [1.82, 2.24) is 9.99 Å². The van der Waals surface area contributed by atoms with Crippen molar-refractivity contribution in [3.05, 3.63) is 108 Å². The lowest BCUT2D eigenvalue weighted by molar-refractivity contribution is 0.103. The van der Waals surface area contributed by atoms with Gasteiger partial charge in [-0.1, -0.05) is 18.2 Å². The zero-order valence-electron chi connectivity index (χ0n) is 21.6. The van der Waals surface area contributed by atoms with Crippen LogP contribution < -0.4 is 14.8 Å². The highest BCUT2D eigenvalue weighted by atomic mass is 16.5. The highest BCUT2D eigenvalue weighted by molar-refractivity contribution is 6.11. The fraction of sp³-hybridized carbons (Fsp3) is 0.200. The number of nitrogens with zero attached hydrogens (tertiary/aromatic N) is 3. The van der Waals surface area contributed by atoms with E-state index < -0.39 is 6.03 Å². The molecule has 0 saturated carbocycles. The number of hydrogen-bond acceptors (Lipinski definition) is 7. The molecule has 0 radical (unpaired) electrons. The maximum absolute atomic E-state index is 13.4. The maximum atomic E-state index is 13.4. The normalized spacial score (nSPS) is 18.3. The molecule has 198 valence electrons. The number of ketones is 1. The lowest BCUT2D eigenvalue weighted by Gasteiger charge is -2.29. The third-order valence-electron chi connectivity index (χ3n) is 6.83. The number of hydrazone groups is 1. The number of aliphatic hydroxyl groups is 1. The summed E-state index contributed by atoms with van der Waals surface area (Å²) in [5.41, 5.74) is 2.85. The van der Waals surface area contributed by atoms with E-state index in [-0.39, 0.29) is 23.5 Å². The summed E-state index contributed by atoms with van der Waals surface area (Å²) in [7, 11) is 3.04. The standard InChI is InChI=1S/C30H28N4O5/c1-38-22-13-14-28(39-2)24(16-22)29(36)19-9-11-21(12-10-19)32-30(37)34-26(23-7-3-4-8-27(23)35)17-25(33-34)20-6-5-15-31-18-20/h3-6,8-16,18,23,26,35H,7,17H2,1-2H3,(H,32,37). The summed E-state index contributed by atoms with van der Waals surface area (Å²) >= 11 is 0. The lowest BCUT2D eigenvalue weighted by atomic mass is 9.87. The molecule has 0 saturated heterocycles. The van der Waals surface area contributed by atoms with Gasteiger partial charge in [0.2, 0.25) is 0 Å². The highest BCUT2D eigenvalue weighted by Gasteiger charge is 2.39. The van der Waals surface area contributed by atoms with Gasteiger partial charge in [0.15, 0.2) is 5.78 Å². The molecule has 2 heterocycles. The fourth-order valence-electron chi connectivity index (χ4n) is 4.77. The van der Waals surface area contributed by atoms with Crippen molar-refractivity contribution in [2.45, 2.75) is 18.9 Å². The van der Waals surface area contributed by atoms with Gasteiger partial charge in [0, 0.05) is 41.5 Å². The Morgan fingerprint density at radius 3 is 2.59 bits per heavy atom. The molecule has 1 aromatic heterocycles. The molecular weight excluding hydrogens is 496 g/mol. The van der Waals surface area contributed by atoms with Crippen molar-refractivity contribution < 1.29 is 24.2 Å². The smallest absolute Gasteiger partial charge is 0.342 e. The summed E-state index contributed by atoms with van der Waals surface area (Å²) in [6.07, 6.45) is 9.89. The van der Waals surface area contributed by atoms with Crippen molar-refractivity contribution in [3.8, 4) is 11.5 Å². The van der Waals surface area contributed by atoms with Gasteiger partial charge in [-0.2, -0.15) is 5.10 Å². The van der Waals surface area contributed by atoms with Crippen LogP contribution in [0, 0.1) is 5.92 Å². The van der Waals surface area contributed by atoms with Crippen LogP contribution in [0.15, 0.2) is 96.1 Å². The number of benzene rings is 2. The summed E-state index contributed by atoms with van der Waals surface area (Å²) in [6, 6.07) is 14.6. The molecule has 1 aliphatic carbocycles. The van der Waals surface area contributed by atoms with E-state index in [1.807, 2.05) is 18.2 Å². The number of carbonyl (C=O) groups excluding carboxylic acids is 2. The van der Waals surface area contributed by atoms with Crippen LogP contribution in [0.2, 0.25) is 0 Å². The number of methoxy groups -OCH3 is 2. The second-order valence-corrected chi connectivity index (χ2v) is 9.17. The molecule has 2 N–H and O–H groups in total. The number of carbonyl (C=O) groups is 2. The lowest BCUT2D eigenvalue weighted by Crippen LogP contribution is -2.41. The van der Waals surface area contributed by atoms with Crippen molar-refractivity contribution >= 4 is 23.2 Å². The number of pyridine rings is 1. The fourth-order valence-corrected chi connectivity index (χ4v) is 4.77. The van der Waals surface area contributed by atoms with Crippen LogP contribution in [0.25, 0.3) is 0 Å². The van der Waals surface area contributed by atoms with E-state index in [1.165, 1.54) is 19.2 Å². The van der Waals surface area contributed by atoms with Crippen molar-refractivity contribution in [1.29, 1.82) is 0 Å². The third-order valence-corrected chi connectivity index (χ3v) is 6.83. The number of allylic oxidation sites excluding steroid dienone is 3.